The van der Waals surface area contributed by atoms with Crippen molar-refractivity contribution in [3.05, 3.63) is 65.7 Å². The van der Waals surface area contributed by atoms with Gasteiger partial charge in [-0.1, -0.05) is 30.3 Å². The lowest BCUT2D eigenvalue weighted by atomic mass is 10.1. The average molecular weight is 280 g/mol. The highest BCUT2D eigenvalue weighted by atomic mass is 16.5. The normalized spacial score (nSPS) is 11.2. The van der Waals surface area contributed by atoms with E-state index in [9.17, 15) is 4.79 Å². The van der Waals surface area contributed by atoms with Crippen molar-refractivity contribution in [2.75, 3.05) is 6.54 Å². The Morgan fingerprint density at radius 3 is 2.48 bits per heavy atom. The van der Waals surface area contributed by atoms with Gasteiger partial charge in [-0.05, 0) is 36.8 Å². The molecule has 0 aliphatic heterocycles. The predicted octanol–water partition coefficient (Wildman–Crippen LogP) is 3.08. The standard InChI is InChI=1S/C17H16N2O2/c1-13(14-5-3-2-4-6-14)21-16-9-7-15(8-10-16)17(20)19-12-11-18/h2-10,13H,12H2,1H3,(H,19,20)/t13-/m0/s1. The number of carbonyl (C=O) groups is 1. The third-order valence-electron chi connectivity index (χ3n) is 3.03. The monoisotopic (exact) mass is 280 g/mol. The summed E-state index contributed by atoms with van der Waals surface area (Å²) in [6.45, 7) is 1.98. The van der Waals surface area contributed by atoms with E-state index in [4.69, 9.17) is 10.00 Å². The van der Waals surface area contributed by atoms with Crippen LogP contribution in [0.2, 0.25) is 0 Å². The van der Waals surface area contributed by atoms with Gasteiger partial charge in [-0.15, -0.1) is 0 Å². The van der Waals surface area contributed by atoms with E-state index in [1.165, 1.54) is 0 Å². The van der Waals surface area contributed by atoms with Crippen LogP contribution in [0.3, 0.4) is 0 Å². The fourth-order valence-electron chi connectivity index (χ4n) is 1.90. The summed E-state index contributed by atoms with van der Waals surface area (Å²) in [7, 11) is 0. The Morgan fingerprint density at radius 1 is 1.19 bits per heavy atom. The van der Waals surface area contributed by atoms with E-state index in [2.05, 4.69) is 5.32 Å². The van der Waals surface area contributed by atoms with E-state index in [0.717, 1.165) is 5.56 Å². The lowest BCUT2D eigenvalue weighted by Gasteiger charge is -2.15. The topological polar surface area (TPSA) is 62.1 Å². The quantitative estimate of drug-likeness (QED) is 0.856. The smallest absolute Gasteiger partial charge is 0.252 e. The van der Waals surface area contributed by atoms with Gasteiger partial charge in [0.05, 0.1) is 6.07 Å². The van der Waals surface area contributed by atoms with Gasteiger partial charge in [0.2, 0.25) is 0 Å². The van der Waals surface area contributed by atoms with Gasteiger partial charge in [-0.3, -0.25) is 4.79 Å². The molecule has 0 spiro atoms. The third kappa shape index (κ3) is 4.08. The first-order valence-electron chi connectivity index (χ1n) is 6.67. The molecule has 1 atom stereocenters. The van der Waals surface area contributed by atoms with Crippen molar-refractivity contribution >= 4 is 5.91 Å². The minimum Gasteiger partial charge on any atom is -0.486 e. The van der Waals surface area contributed by atoms with Crippen LogP contribution in [-0.4, -0.2) is 12.5 Å². The van der Waals surface area contributed by atoms with E-state index in [0.29, 0.717) is 11.3 Å². The molecular weight excluding hydrogens is 264 g/mol. The van der Waals surface area contributed by atoms with Crippen molar-refractivity contribution in [3.8, 4) is 11.8 Å². The number of carbonyl (C=O) groups excluding carboxylic acids is 1. The minimum absolute atomic E-state index is 0.00211. The highest BCUT2D eigenvalue weighted by molar-refractivity contribution is 5.94. The van der Waals surface area contributed by atoms with Crippen LogP contribution in [0.15, 0.2) is 54.6 Å². The molecule has 4 nitrogen and oxygen atoms in total. The predicted molar refractivity (Wildman–Crippen MR) is 79.9 cm³/mol. The summed E-state index contributed by atoms with van der Waals surface area (Å²) in [6.07, 6.45) is -0.0653. The summed E-state index contributed by atoms with van der Waals surface area (Å²) < 4.78 is 5.83. The number of nitrogens with one attached hydrogen (secondary N) is 1. The van der Waals surface area contributed by atoms with Crippen LogP contribution in [0, 0.1) is 11.3 Å². The molecule has 4 heteroatoms. The Labute approximate surface area is 124 Å². The maximum atomic E-state index is 11.7. The molecule has 0 heterocycles. The van der Waals surface area contributed by atoms with Crippen LogP contribution in [0.25, 0.3) is 0 Å². The molecule has 21 heavy (non-hydrogen) atoms. The van der Waals surface area contributed by atoms with Crippen LogP contribution in [0.5, 0.6) is 5.75 Å². The lowest BCUT2D eigenvalue weighted by molar-refractivity contribution is 0.0958. The van der Waals surface area contributed by atoms with Gasteiger partial charge < -0.3 is 10.1 Å². The third-order valence-corrected chi connectivity index (χ3v) is 3.03. The fraction of sp³-hybridized carbons (Fsp3) is 0.176. The van der Waals surface area contributed by atoms with Crippen molar-refractivity contribution in [1.82, 2.24) is 5.32 Å². The van der Waals surface area contributed by atoms with Crippen LogP contribution in [0.4, 0.5) is 0 Å². The molecule has 0 fully saturated rings. The number of amides is 1. The van der Waals surface area contributed by atoms with Crippen LogP contribution >= 0.6 is 0 Å². The second-order valence-electron chi connectivity index (χ2n) is 4.54. The zero-order chi connectivity index (χ0) is 15.1. The fourth-order valence-corrected chi connectivity index (χ4v) is 1.90. The van der Waals surface area contributed by atoms with Gasteiger partial charge in [0.1, 0.15) is 18.4 Å². The molecule has 0 radical (unpaired) electrons. The van der Waals surface area contributed by atoms with E-state index in [1.54, 1.807) is 24.3 Å². The molecule has 2 aromatic rings. The highest BCUT2D eigenvalue weighted by Gasteiger charge is 2.08. The number of nitrogens with zero attached hydrogens (tertiary/aromatic N) is 1. The summed E-state index contributed by atoms with van der Waals surface area (Å²) in [5.74, 6) is 0.433. The summed E-state index contributed by atoms with van der Waals surface area (Å²) in [5, 5.41) is 10.9. The van der Waals surface area contributed by atoms with Gasteiger partial charge in [-0.25, -0.2) is 0 Å². The van der Waals surface area contributed by atoms with Crippen molar-refractivity contribution in [1.29, 1.82) is 5.26 Å². The second-order valence-corrected chi connectivity index (χ2v) is 4.54. The van der Waals surface area contributed by atoms with Gasteiger partial charge in [0, 0.05) is 5.56 Å². The zero-order valence-corrected chi connectivity index (χ0v) is 11.7. The molecule has 2 aromatic carbocycles. The molecule has 1 amide bonds. The van der Waals surface area contributed by atoms with Crippen molar-refractivity contribution in [2.45, 2.75) is 13.0 Å². The van der Waals surface area contributed by atoms with Gasteiger partial charge in [0.25, 0.3) is 5.91 Å². The van der Waals surface area contributed by atoms with E-state index < -0.39 is 0 Å². The van der Waals surface area contributed by atoms with Crippen molar-refractivity contribution < 1.29 is 9.53 Å². The molecule has 0 aromatic heterocycles. The minimum atomic E-state index is -0.265. The van der Waals surface area contributed by atoms with Gasteiger partial charge in [0.15, 0.2) is 0 Å². The SMILES string of the molecule is C[C@H](Oc1ccc(C(=O)NCC#N)cc1)c1ccccc1. The van der Waals surface area contributed by atoms with E-state index >= 15 is 0 Å². The number of benzene rings is 2. The number of hydrogen-bond donors (Lipinski definition) is 1. The Bertz CT molecular complexity index is 630. The number of rotatable bonds is 5. The first-order chi connectivity index (χ1) is 10.2. The summed E-state index contributed by atoms with van der Waals surface area (Å²) in [6, 6.07) is 18.6. The van der Waals surface area contributed by atoms with E-state index in [1.807, 2.05) is 43.3 Å². The van der Waals surface area contributed by atoms with Gasteiger partial charge in [-0.2, -0.15) is 5.26 Å². The largest absolute Gasteiger partial charge is 0.486 e. The summed E-state index contributed by atoms with van der Waals surface area (Å²) in [5.41, 5.74) is 1.60. The Balaban J connectivity index is 2.00. The molecule has 0 aliphatic rings. The Hall–Kier alpha value is -2.80. The first-order valence-corrected chi connectivity index (χ1v) is 6.67. The maximum Gasteiger partial charge on any atom is 0.252 e. The molecule has 2 rings (SSSR count). The summed E-state index contributed by atoms with van der Waals surface area (Å²) in [4.78, 5) is 11.7. The van der Waals surface area contributed by atoms with Crippen molar-refractivity contribution in [3.63, 3.8) is 0 Å². The molecule has 0 saturated heterocycles. The molecule has 0 aliphatic carbocycles. The molecule has 1 N–H and O–H groups in total. The highest BCUT2D eigenvalue weighted by Crippen LogP contribution is 2.21. The number of hydrogen-bond acceptors (Lipinski definition) is 3. The second kappa shape index (κ2) is 7.11. The van der Waals surface area contributed by atoms with Crippen LogP contribution in [-0.2, 0) is 0 Å². The van der Waals surface area contributed by atoms with Crippen LogP contribution in [0.1, 0.15) is 28.9 Å². The maximum absolute atomic E-state index is 11.7. The molecule has 106 valence electrons. The lowest BCUT2D eigenvalue weighted by Crippen LogP contribution is -2.23. The first kappa shape index (κ1) is 14.6. The Kier molecular flexibility index (Phi) is 4.94. The van der Waals surface area contributed by atoms with Crippen molar-refractivity contribution in [2.24, 2.45) is 0 Å². The van der Waals surface area contributed by atoms with E-state index in [-0.39, 0.29) is 18.6 Å². The van der Waals surface area contributed by atoms with Crippen LogP contribution < -0.4 is 10.1 Å². The molecule has 0 bridgehead atoms. The zero-order valence-electron chi connectivity index (χ0n) is 11.7. The molecular formula is C17H16N2O2. The summed E-state index contributed by atoms with van der Waals surface area (Å²) >= 11 is 0. The Morgan fingerprint density at radius 2 is 1.86 bits per heavy atom. The number of ether oxygens (including phenoxy) is 1. The average Bonchev–Trinajstić information content (AvgIpc) is 2.54. The number of nitriles is 1. The molecule has 0 unspecified atom stereocenters. The van der Waals surface area contributed by atoms with Gasteiger partial charge >= 0.3 is 0 Å². The molecule has 0 saturated carbocycles.